The van der Waals surface area contributed by atoms with E-state index >= 15 is 0 Å². The summed E-state index contributed by atoms with van der Waals surface area (Å²) in [5, 5.41) is 12.3. The molecule has 0 amide bonds. The van der Waals surface area contributed by atoms with E-state index in [4.69, 9.17) is 19.3 Å². The van der Waals surface area contributed by atoms with E-state index in [-0.39, 0.29) is 25.6 Å². The van der Waals surface area contributed by atoms with E-state index in [1.807, 2.05) is 36.4 Å². The van der Waals surface area contributed by atoms with Crippen molar-refractivity contribution >= 4 is 12.4 Å². The minimum Gasteiger partial charge on any atom is -0.496 e. The standard InChI is InChI=1S/C19H25NO4.ClH/c1-22-17-6-4-3-5-16(17)9-10-20-14-15-7-8-18(24-12-11-21)19(13-15)23-2;/h3-8,13,20-21H,9-12,14H2,1-2H3;1H. The van der Waals surface area contributed by atoms with Crippen molar-refractivity contribution < 1.29 is 19.3 Å². The summed E-state index contributed by atoms with van der Waals surface area (Å²) in [5.74, 6) is 2.24. The van der Waals surface area contributed by atoms with E-state index in [0.29, 0.717) is 11.5 Å². The first kappa shape index (κ1) is 21.1. The van der Waals surface area contributed by atoms with Gasteiger partial charge in [0, 0.05) is 6.54 Å². The minimum atomic E-state index is -0.0184. The molecule has 0 aliphatic rings. The van der Waals surface area contributed by atoms with Crippen LogP contribution in [0, 0.1) is 0 Å². The summed E-state index contributed by atoms with van der Waals surface area (Å²) in [6.45, 7) is 1.83. The van der Waals surface area contributed by atoms with Crippen molar-refractivity contribution in [2.24, 2.45) is 0 Å². The van der Waals surface area contributed by atoms with Crippen LogP contribution in [0.25, 0.3) is 0 Å². The maximum atomic E-state index is 8.84. The number of aliphatic hydroxyl groups excluding tert-OH is 1. The third-order valence-corrected chi connectivity index (χ3v) is 3.67. The number of hydrogen-bond donors (Lipinski definition) is 2. The van der Waals surface area contributed by atoms with Crippen molar-refractivity contribution in [1.82, 2.24) is 5.32 Å². The molecule has 0 aliphatic heterocycles. The number of nitrogens with one attached hydrogen (secondary N) is 1. The van der Waals surface area contributed by atoms with E-state index in [1.54, 1.807) is 14.2 Å². The molecule has 2 aromatic carbocycles. The Morgan fingerprint density at radius 3 is 2.44 bits per heavy atom. The highest BCUT2D eigenvalue weighted by molar-refractivity contribution is 5.85. The van der Waals surface area contributed by atoms with Crippen LogP contribution in [0.15, 0.2) is 42.5 Å². The van der Waals surface area contributed by atoms with E-state index in [2.05, 4.69) is 11.4 Å². The zero-order valence-corrected chi connectivity index (χ0v) is 15.5. The fourth-order valence-corrected chi connectivity index (χ4v) is 2.46. The van der Waals surface area contributed by atoms with Gasteiger partial charge in [-0.1, -0.05) is 24.3 Å². The molecular weight excluding hydrogens is 342 g/mol. The zero-order chi connectivity index (χ0) is 17.2. The van der Waals surface area contributed by atoms with Crippen molar-refractivity contribution in [3.8, 4) is 17.2 Å². The summed E-state index contributed by atoms with van der Waals surface area (Å²) >= 11 is 0. The number of benzene rings is 2. The topological polar surface area (TPSA) is 60.0 Å². The molecule has 25 heavy (non-hydrogen) atoms. The summed E-state index contributed by atoms with van der Waals surface area (Å²) in [6.07, 6.45) is 0.902. The molecule has 5 nitrogen and oxygen atoms in total. The molecule has 0 radical (unpaired) electrons. The molecule has 0 aliphatic carbocycles. The van der Waals surface area contributed by atoms with Crippen LogP contribution < -0.4 is 19.5 Å². The van der Waals surface area contributed by atoms with Gasteiger partial charge in [0.05, 0.1) is 20.8 Å². The van der Waals surface area contributed by atoms with E-state index in [1.165, 1.54) is 5.56 Å². The highest BCUT2D eigenvalue weighted by atomic mass is 35.5. The number of methoxy groups -OCH3 is 2. The second kappa shape index (κ2) is 11.6. The van der Waals surface area contributed by atoms with Gasteiger partial charge in [0.15, 0.2) is 11.5 Å². The lowest BCUT2D eigenvalue weighted by Crippen LogP contribution is -2.17. The van der Waals surface area contributed by atoms with E-state index < -0.39 is 0 Å². The Bertz CT molecular complexity index is 637. The summed E-state index contributed by atoms with van der Waals surface area (Å²) in [7, 11) is 3.30. The third-order valence-electron chi connectivity index (χ3n) is 3.67. The monoisotopic (exact) mass is 367 g/mol. The minimum absolute atomic E-state index is 0. The summed E-state index contributed by atoms with van der Waals surface area (Å²) in [4.78, 5) is 0. The van der Waals surface area contributed by atoms with Crippen LogP contribution in [0.2, 0.25) is 0 Å². The zero-order valence-electron chi connectivity index (χ0n) is 14.7. The molecule has 0 saturated heterocycles. The SMILES string of the molecule is COc1ccccc1CCNCc1ccc(OCCO)c(OC)c1.Cl. The third kappa shape index (κ3) is 6.46. The van der Waals surface area contributed by atoms with Crippen molar-refractivity contribution in [1.29, 1.82) is 0 Å². The van der Waals surface area contributed by atoms with Crippen molar-refractivity contribution in [3.05, 3.63) is 53.6 Å². The largest absolute Gasteiger partial charge is 0.496 e. The van der Waals surface area contributed by atoms with Crippen LogP contribution in [-0.2, 0) is 13.0 Å². The van der Waals surface area contributed by atoms with Crippen LogP contribution in [0.5, 0.6) is 17.2 Å². The summed E-state index contributed by atoms with van der Waals surface area (Å²) in [5.41, 5.74) is 2.31. The highest BCUT2D eigenvalue weighted by Crippen LogP contribution is 2.28. The lowest BCUT2D eigenvalue weighted by molar-refractivity contribution is 0.196. The van der Waals surface area contributed by atoms with Gasteiger partial charge in [-0.25, -0.2) is 0 Å². The predicted molar refractivity (Wildman–Crippen MR) is 101 cm³/mol. The van der Waals surface area contributed by atoms with Crippen molar-refractivity contribution in [2.45, 2.75) is 13.0 Å². The molecule has 6 heteroatoms. The van der Waals surface area contributed by atoms with Gasteiger partial charge in [-0.2, -0.15) is 0 Å². The molecule has 2 rings (SSSR count). The smallest absolute Gasteiger partial charge is 0.161 e. The van der Waals surface area contributed by atoms with Crippen molar-refractivity contribution in [3.63, 3.8) is 0 Å². The number of ether oxygens (including phenoxy) is 3. The number of rotatable bonds is 10. The Hall–Kier alpha value is -1.95. The fraction of sp³-hybridized carbons (Fsp3) is 0.368. The number of aliphatic hydroxyl groups is 1. The molecular formula is C19H26ClNO4. The molecule has 2 aromatic rings. The maximum absolute atomic E-state index is 8.84. The lowest BCUT2D eigenvalue weighted by atomic mass is 10.1. The Morgan fingerprint density at radius 1 is 0.960 bits per heavy atom. The Labute approximate surface area is 155 Å². The Morgan fingerprint density at radius 2 is 1.72 bits per heavy atom. The second-order valence-electron chi connectivity index (χ2n) is 5.30. The van der Waals surface area contributed by atoms with Gasteiger partial charge in [-0.15, -0.1) is 12.4 Å². The molecule has 0 spiro atoms. The highest BCUT2D eigenvalue weighted by Gasteiger charge is 2.06. The number of para-hydroxylation sites is 1. The van der Waals surface area contributed by atoms with Crippen molar-refractivity contribution in [2.75, 3.05) is 34.0 Å². The molecule has 2 N–H and O–H groups in total. The first-order chi connectivity index (χ1) is 11.8. The Balaban J connectivity index is 0.00000312. The summed E-state index contributed by atoms with van der Waals surface area (Å²) < 4.78 is 16.1. The van der Waals surface area contributed by atoms with E-state index in [0.717, 1.165) is 30.8 Å². The van der Waals surface area contributed by atoms with Crippen LogP contribution in [-0.4, -0.2) is 39.1 Å². The molecule has 0 aromatic heterocycles. The molecule has 0 heterocycles. The van der Waals surface area contributed by atoms with Gasteiger partial charge in [0.1, 0.15) is 12.4 Å². The molecule has 0 bridgehead atoms. The molecule has 0 atom stereocenters. The first-order valence-electron chi connectivity index (χ1n) is 8.01. The van der Waals surface area contributed by atoms with Gasteiger partial charge in [0.2, 0.25) is 0 Å². The lowest BCUT2D eigenvalue weighted by Gasteiger charge is -2.12. The second-order valence-corrected chi connectivity index (χ2v) is 5.30. The van der Waals surface area contributed by atoms with Gasteiger partial charge in [-0.3, -0.25) is 0 Å². The van der Waals surface area contributed by atoms with E-state index in [9.17, 15) is 0 Å². The van der Waals surface area contributed by atoms with Crippen LogP contribution in [0.3, 0.4) is 0 Å². The average molecular weight is 368 g/mol. The fourth-order valence-electron chi connectivity index (χ4n) is 2.46. The number of halogens is 1. The first-order valence-corrected chi connectivity index (χ1v) is 8.01. The molecule has 0 saturated carbocycles. The van der Waals surface area contributed by atoms with Crippen LogP contribution in [0.4, 0.5) is 0 Å². The van der Waals surface area contributed by atoms with Gasteiger partial charge < -0.3 is 24.6 Å². The maximum Gasteiger partial charge on any atom is 0.161 e. The Kier molecular flexibility index (Phi) is 9.77. The molecule has 0 fully saturated rings. The molecule has 138 valence electrons. The van der Waals surface area contributed by atoms with Crippen LogP contribution >= 0.6 is 12.4 Å². The molecule has 0 unspecified atom stereocenters. The average Bonchev–Trinajstić information content (AvgIpc) is 2.64. The normalized spacial score (nSPS) is 10.0. The summed E-state index contributed by atoms with van der Waals surface area (Å²) in [6, 6.07) is 13.9. The van der Waals surface area contributed by atoms with Gasteiger partial charge in [-0.05, 0) is 42.3 Å². The predicted octanol–water partition coefficient (Wildman–Crippen LogP) is 2.83. The van der Waals surface area contributed by atoms with Crippen LogP contribution in [0.1, 0.15) is 11.1 Å². The van der Waals surface area contributed by atoms with Gasteiger partial charge in [0.25, 0.3) is 0 Å². The number of hydrogen-bond acceptors (Lipinski definition) is 5. The quantitative estimate of drug-likeness (QED) is 0.632. The van der Waals surface area contributed by atoms with Gasteiger partial charge >= 0.3 is 0 Å².